The van der Waals surface area contributed by atoms with Crippen molar-refractivity contribution in [3.63, 3.8) is 0 Å². The van der Waals surface area contributed by atoms with E-state index in [0.29, 0.717) is 12.0 Å². The van der Waals surface area contributed by atoms with Crippen molar-refractivity contribution >= 4 is 17.7 Å². The van der Waals surface area contributed by atoms with Crippen LogP contribution in [0.25, 0.3) is 0 Å². The number of aliphatic hydroxyl groups excluding tert-OH is 1. The first-order valence-electron chi connectivity index (χ1n) is 11.8. The van der Waals surface area contributed by atoms with Gasteiger partial charge in [0.1, 0.15) is 11.9 Å². The van der Waals surface area contributed by atoms with Gasteiger partial charge < -0.3 is 10.0 Å². The summed E-state index contributed by atoms with van der Waals surface area (Å²) in [6.07, 6.45) is 2.20. The lowest BCUT2D eigenvalue weighted by Crippen LogP contribution is -2.52. The number of aliphatic hydroxyl groups is 1. The third-order valence-electron chi connectivity index (χ3n) is 7.29. The lowest BCUT2D eigenvalue weighted by molar-refractivity contribution is -0.136. The van der Waals surface area contributed by atoms with Gasteiger partial charge in [0.05, 0.1) is 6.61 Å². The van der Waals surface area contributed by atoms with Gasteiger partial charge >= 0.3 is 0 Å². The van der Waals surface area contributed by atoms with Crippen molar-refractivity contribution in [3.8, 4) is 0 Å². The van der Waals surface area contributed by atoms with E-state index in [-0.39, 0.29) is 37.3 Å². The number of carbonyl (C=O) groups is 3. The van der Waals surface area contributed by atoms with Crippen LogP contribution in [0.2, 0.25) is 0 Å². The largest absolute Gasteiger partial charge is 0.392 e. The normalized spacial score (nSPS) is 21.6. The van der Waals surface area contributed by atoms with Gasteiger partial charge in [0.15, 0.2) is 0 Å². The van der Waals surface area contributed by atoms with Crippen LogP contribution in [0, 0.1) is 5.82 Å². The summed E-state index contributed by atoms with van der Waals surface area (Å²) >= 11 is 0. The molecule has 0 radical (unpaired) electrons. The van der Waals surface area contributed by atoms with E-state index in [0.717, 1.165) is 49.2 Å². The summed E-state index contributed by atoms with van der Waals surface area (Å²) in [5.41, 5.74) is 4.10. The average molecular weight is 466 g/mol. The summed E-state index contributed by atoms with van der Waals surface area (Å²) in [6, 6.07) is 10.1. The first-order valence-corrected chi connectivity index (χ1v) is 11.8. The minimum atomic E-state index is -0.701. The highest BCUT2D eigenvalue weighted by Crippen LogP contribution is 2.38. The molecule has 0 bridgehead atoms. The number of piperidine rings is 2. The molecule has 3 aliphatic heterocycles. The van der Waals surface area contributed by atoms with Crippen molar-refractivity contribution in [2.45, 2.75) is 57.3 Å². The zero-order chi connectivity index (χ0) is 23.8. The molecule has 2 N–H and O–H groups in total. The van der Waals surface area contributed by atoms with Crippen LogP contribution in [0.5, 0.6) is 0 Å². The molecule has 0 aliphatic carbocycles. The van der Waals surface area contributed by atoms with Crippen LogP contribution in [0.4, 0.5) is 4.39 Å². The van der Waals surface area contributed by atoms with Crippen molar-refractivity contribution in [3.05, 3.63) is 70.0 Å². The van der Waals surface area contributed by atoms with Crippen molar-refractivity contribution in [2.24, 2.45) is 0 Å². The zero-order valence-corrected chi connectivity index (χ0v) is 18.9. The fraction of sp³-hybridized carbons (Fsp3) is 0.423. The molecule has 1 atom stereocenters. The summed E-state index contributed by atoms with van der Waals surface area (Å²) in [4.78, 5) is 40.8. The smallest absolute Gasteiger partial charge is 0.255 e. The fourth-order valence-electron chi connectivity index (χ4n) is 5.43. The van der Waals surface area contributed by atoms with Gasteiger partial charge in [0.25, 0.3) is 5.91 Å². The molecule has 3 heterocycles. The lowest BCUT2D eigenvalue weighted by atomic mass is 9.85. The van der Waals surface area contributed by atoms with Gasteiger partial charge in [-0.25, -0.2) is 4.39 Å². The van der Waals surface area contributed by atoms with E-state index in [1.54, 1.807) is 6.07 Å². The summed E-state index contributed by atoms with van der Waals surface area (Å²) in [5.74, 6) is -1.41. The standard InChI is InChI=1S/C26H28FN3O4/c27-19-11-20(18-7-9-29(10-8-18)13-16-1-3-17(15-31)4-2-16)22-14-30(26(34)21(22)12-19)23-5-6-24(32)28-25(23)33/h1-4,11-12,18,23,31H,5-10,13-15H2,(H,28,32,33). The Hall–Kier alpha value is -3.10. The van der Waals surface area contributed by atoms with Crippen LogP contribution in [-0.4, -0.2) is 51.8 Å². The molecule has 0 saturated carbocycles. The van der Waals surface area contributed by atoms with Crippen LogP contribution in [0.1, 0.15) is 64.2 Å². The van der Waals surface area contributed by atoms with Crippen molar-refractivity contribution in [1.82, 2.24) is 15.1 Å². The van der Waals surface area contributed by atoms with Crippen molar-refractivity contribution in [2.75, 3.05) is 13.1 Å². The number of benzene rings is 2. The molecule has 34 heavy (non-hydrogen) atoms. The van der Waals surface area contributed by atoms with Gasteiger partial charge in [0, 0.05) is 25.1 Å². The number of amides is 3. The molecule has 5 rings (SSSR count). The van der Waals surface area contributed by atoms with Crippen LogP contribution >= 0.6 is 0 Å². The van der Waals surface area contributed by atoms with Gasteiger partial charge in [-0.15, -0.1) is 0 Å². The molecular weight excluding hydrogens is 437 g/mol. The van der Waals surface area contributed by atoms with E-state index in [2.05, 4.69) is 10.2 Å². The predicted molar refractivity (Wildman–Crippen MR) is 122 cm³/mol. The molecule has 2 aromatic carbocycles. The Morgan fingerprint density at radius 3 is 2.38 bits per heavy atom. The number of nitrogens with zero attached hydrogens (tertiary/aromatic N) is 2. The number of hydrogen-bond acceptors (Lipinski definition) is 5. The Morgan fingerprint density at radius 2 is 1.71 bits per heavy atom. The second kappa shape index (κ2) is 9.27. The molecule has 178 valence electrons. The second-order valence-corrected chi connectivity index (χ2v) is 9.45. The second-order valence-electron chi connectivity index (χ2n) is 9.45. The summed E-state index contributed by atoms with van der Waals surface area (Å²) in [7, 11) is 0. The molecular formula is C26H28FN3O4. The number of imide groups is 1. The van der Waals surface area contributed by atoms with Crippen LogP contribution in [-0.2, 0) is 29.3 Å². The third-order valence-corrected chi connectivity index (χ3v) is 7.29. The molecule has 3 amide bonds. The quantitative estimate of drug-likeness (QED) is 0.663. The van der Waals surface area contributed by atoms with Gasteiger partial charge in [-0.2, -0.15) is 0 Å². The summed E-state index contributed by atoms with van der Waals surface area (Å²) in [6.45, 7) is 2.85. The Balaban J connectivity index is 1.29. The van der Waals surface area contributed by atoms with E-state index in [4.69, 9.17) is 0 Å². The SMILES string of the molecule is O=C1CCC(N2Cc3c(cc(F)cc3C3CCN(Cc4ccc(CO)cc4)CC3)C2=O)C(=O)N1. The number of fused-ring (bicyclic) bond motifs is 1. The van der Waals surface area contributed by atoms with Gasteiger partial charge in [-0.3, -0.25) is 24.6 Å². The molecule has 2 aromatic rings. The average Bonchev–Trinajstić information content (AvgIpc) is 3.15. The number of carbonyl (C=O) groups excluding carboxylic acids is 3. The lowest BCUT2D eigenvalue weighted by Gasteiger charge is -2.33. The van der Waals surface area contributed by atoms with E-state index < -0.39 is 17.8 Å². The highest BCUT2D eigenvalue weighted by molar-refractivity contribution is 6.05. The van der Waals surface area contributed by atoms with E-state index in [9.17, 15) is 23.9 Å². The Labute approximate surface area is 197 Å². The maximum Gasteiger partial charge on any atom is 0.255 e. The predicted octanol–water partition coefficient (Wildman–Crippen LogP) is 2.46. The van der Waals surface area contributed by atoms with Gasteiger partial charge in [-0.1, -0.05) is 24.3 Å². The van der Waals surface area contributed by atoms with E-state index in [1.807, 2.05) is 24.3 Å². The topological polar surface area (TPSA) is 90.0 Å². The summed E-state index contributed by atoms with van der Waals surface area (Å²) < 4.78 is 14.6. The van der Waals surface area contributed by atoms with E-state index >= 15 is 0 Å². The zero-order valence-electron chi connectivity index (χ0n) is 18.9. The molecule has 2 saturated heterocycles. The highest BCUT2D eigenvalue weighted by Gasteiger charge is 2.41. The third kappa shape index (κ3) is 4.35. The first kappa shape index (κ1) is 22.7. The molecule has 0 aromatic heterocycles. The minimum absolute atomic E-state index is 0.0348. The number of halogens is 1. The molecule has 1 unspecified atom stereocenters. The highest BCUT2D eigenvalue weighted by atomic mass is 19.1. The van der Waals surface area contributed by atoms with Crippen LogP contribution in [0.3, 0.4) is 0 Å². The van der Waals surface area contributed by atoms with Crippen LogP contribution < -0.4 is 5.32 Å². The molecule has 3 aliphatic rings. The van der Waals surface area contributed by atoms with Crippen molar-refractivity contribution < 1.29 is 23.9 Å². The molecule has 2 fully saturated rings. The monoisotopic (exact) mass is 465 g/mol. The van der Waals surface area contributed by atoms with Crippen LogP contribution in [0.15, 0.2) is 36.4 Å². The Morgan fingerprint density at radius 1 is 1.00 bits per heavy atom. The number of likely N-dealkylation sites (tertiary alicyclic amines) is 1. The van der Waals surface area contributed by atoms with Gasteiger partial charge in [-0.05, 0) is 72.7 Å². The van der Waals surface area contributed by atoms with E-state index in [1.165, 1.54) is 16.5 Å². The Kier molecular flexibility index (Phi) is 6.18. The van der Waals surface area contributed by atoms with Crippen molar-refractivity contribution in [1.29, 1.82) is 0 Å². The summed E-state index contributed by atoms with van der Waals surface area (Å²) in [5, 5.41) is 11.5. The maximum absolute atomic E-state index is 14.6. The Bertz CT molecular complexity index is 1130. The molecule has 7 nitrogen and oxygen atoms in total. The molecule has 8 heteroatoms. The number of rotatable bonds is 5. The molecule has 0 spiro atoms. The maximum atomic E-state index is 14.6. The first-order chi connectivity index (χ1) is 16.4. The number of nitrogens with one attached hydrogen (secondary N) is 1. The minimum Gasteiger partial charge on any atom is -0.392 e. The number of hydrogen-bond donors (Lipinski definition) is 2. The fourth-order valence-corrected chi connectivity index (χ4v) is 5.43. The van der Waals surface area contributed by atoms with Gasteiger partial charge in [0.2, 0.25) is 11.8 Å².